The molecule has 1 aromatic heterocycles. The molecule has 4 heteroatoms. The molecule has 0 spiro atoms. The lowest BCUT2D eigenvalue weighted by molar-refractivity contribution is 0.0955. The topological polar surface area (TPSA) is 46.4 Å². The maximum atomic E-state index is 12.4. The summed E-state index contributed by atoms with van der Waals surface area (Å²) >= 11 is 0. The number of carbonyl (C=O) groups is 1. The molecule has 1 N–H and O–H groups in total. The number of benzene rings is 3. The minimum atomic E-state index is -0.238. The lowest BCUT2D eigenvalue weighted by atomic mass is 10.1. The number of nitrogens with one attached hydrogen (secondary N) is 1. The Labute approximate surface area is 176 Å². The van der Waals surface area contributed by atoms with Gasteiger partial charge >= 0.3 is 0 Å². The van der Waals surface area contributed by atoms with Gasteiger partial charge in [-0.3, -0.25) is 4.79 Å². The maximum absolute atomic E-state index is 12.4. The maximum Gasteiger partial charge on any atom is 0.271 e. The number of aryl methyl sites for hydroxylation is 2. The zero-order chi connectivity index (χ0) is 20.9. The van der Waals surface area contributed by atoms with Gasteiger partial charge in [-0.25, -0.2) is 5.43 Å². The highest BCUT2D eigenvalue weighted by atomic mass is 16.2. The van der Waals surface area contributed by atoms with Crippen molar-refractivity contribution in [3.8, 4) is 16.9 Å². The van der Waals surface area contributed by atoms with Crippen molar-refractivity contribution in [2.24, 2.45) is 5.10 Å². The standard InChI is InChI=1S/C26H23N3O/c1-19-8-11-21(12-9-19)18-27-28-26(30)23-13-15-24(16-14-23)29-20(2)10-17-25(29)22-6-4-3-5-7-22/h3-18H,1-2H3,(H,28,30)/b27-18+. The van der Waals surface area contributed by atoms with Crippen molar-refractivity contribution >= 4 is 12.1 Å². The van der Waals surface area contributed by atoms with E-state index in [1.807, 2.05) is 73.7 Å². The molecule has 4 rings (SSSR count). The first-order valence-electron chi connectivity index (χ1n) is 9.86. The first-order valence-corrected chi connectivity index (χ1v) is 9.86. The third-order valence-corrected chi connectivity index (χ3v) is 4.99. The van der Waals surface area contributed by atoms with E-state index in [1.165, 1.54) is 5.56 Å². The summed E-state index contributed by atoms with van der Waals surface area (Å²) in [5.74, 6) is -0.238. The van der Waals surface area contributed by atoms with E-state index in [-0.39, 0.29) is 5.91 Å². The number of hydrazone groups is 1. The molecule has 3 aromatic carbocycles. The van der Waals surface area contributed by atoms with Gasteiger partial charge in [-0.1, -0.05) is 60.2 Å². The van der Waals surface area contributed by atoms with Gasteiger partial charge < -0.3 is 4.57 Å². The first kappa shape index (κ1) is 19.4. The lowest BCUT2D eigenvalue weighted by Crippen LogP contribution is -2.17. The number of carbonyl (C=O) groups excluding carboxylic acids is 1. The molecule has 0 aliphatic carbocycles. The van der Waals surface area contributed by atoms with Crippen LogP contribution in [-0.4, -0.2) is 16.7 Å². The van der Waals surface area contributed by atoms with Gasteiger partial charge in [0.05, 0.1) is 11.9 Å². The van der Waals surface area contributed by atoms with E-state index in [9.17, 15) is 4.79 Å². The highest BCUT2D eigenvalue weighted by Gasteiger charge is 2.10. The van der Waals surface area contributed by atoms with Gasteiger partial charge in [-0.2, -0.15) is 5.10 Å². The fourth-order valence-electron chi connectivity index (χ4n) is 3.36. The summed E-state index contributed by atoms with van der Waals surface area (Å²) < 4.78 is 2.19. The van der Waals surface area contributed by atoms with E-state index in [0.717, 1.165) is 28.2 Å². The molecule has 0 fully saturated rings. The molecule has 0 saturated heterocycles. The van der Waals surface area contributed by atoms with Gasteiger partial charge in [0.2, 0.25) is 0 Å². The Balaban J connectivity index is 1.50. The molecule has 148 valence electrons. The molecule has 0 aliphatic rings. The number of amides is 1. The highest BCUT2D eigenvalue weighted by Crippen LogP contribution is 2.26. The summed E-state index contributed by atoms with van der Waals surface area (Å²) in [7, 11) is 0. The third-order valence-electron chi connectivity index (χ3n) is 4.99. The van der Waals surface area contributed by atoms with Gasteiger partial charge in [0.15, 0.2) is 0 Å². The van der Waals surface area contributed by atoms with Crippen molar-refractivity contribution in [3.05, 3.63) is 113 Å². The van der Waals surface area contributed by atoms with E-state index in [1.54, 1.807) is 6.21 Å². The minimum absolute atomic E-state index is 0.238. The van der Waals surface area contributed by atoms with Crippen molar-refractivity contribution in [1.82, 2.24) is 9.99 Å². The number of hydrogen-bond acceptors (Lipinski definition) is 2. The zero-order valence-electron chi connectivity index (χ0n) is 17.0. The molecular formula is C26H23N3O. The fraction of sp³-hybridized carbons (Fsp3) is 0.0769. The van der Waals surface area contributed by atoms with Crippen molar-refractivity contribution in [1.29, 1.82) is 0 Å². The fourth-order valence-corrected chi connectivity index (χ4v) is 3.36. The summed E-state index contributed by atoms with van der Waals surface area (Å²) in [6, 6.07) is 30.0. The smallest absolute Gasteiger partial charge is 0.271 e. The molecule has 0 unspecified atom stereocenters. The average Bonchev–Trinajstić information content (AvgIpc) is 3.17. The van der Waals surface area contributed by atoms with Crippen LogP contribution in [0.5, 0.6) is 0 Å². The second-order valence-corrected chi connectivity index (χ2v) is 7.22. The Morgan fingerprint density at radius 1 is 0.833 bits per heavy atom. The van der Waals surface area contributed by atoms with Crippen LogP contribution in [0.15, 0.2) is 96.1 Å². The van der Waals surface area contributed by atoms with Crippen LogP contribution in [-0.2, 0) is 0 Å². The Bertz CT molecular complexity index is 1170. The van der Waals surface area contributed by atoms with Crippen LogP contribution < -0.4 is 5.43 Å². The lowest BCUT2D eigenvalue weighted by Gasteiger charge is -2.12. The van der Waals surface area contributed by atoms with Crippen LogP contribution in [0, 0.1) is 13.8 Å². The number of nitrogens with zero attached hydrogens (tertiary/aromatic N) is 2. The molecular weight excluding hydrogens is 370 g/mol. The van der Waals surface area contributed by atoms with Crippen molar-refractivity contribution in [2.45, 2.75) is 13.8 Å². The van der Waals surface area contributed by atoms with E-state index >= 15 is 0 Å². The van der Waals surface area contributed by atoms with Gasteiger partial charge in [0.1, 0.15) is 0 Å². The molecule has 0 atom stereocenters. The normalized spacial score (nSPS) is 11.0. The van der Waals surface area contributed by atoms with Crippen LogP contribution in [0.4, 0.5) is 0 Å². The second-order valence-electron chi connectivity index (χ2n) is 7.22. The number of hydrogen-bond donors (Lipinski definition) is 1. The summed E-state index contributed by atoms with van der Waals surface area (Å²) in [6.07, 6.45) is 1.64. The largest absolute Gasteiger partial charge is 0.314 e. The molecule has 30 heavy (non-hydrogen) atoms. The Morgan fingerprint density at radius 3 is 2.23 bits per heavy atom. The van der Waals surface area contributed by atoms with E-state index in [2.05, 4.69) is 46.3 Å². The minimum Gasteiger partial charge on any atom is -0.314 e. The van der Waals surface area contributed by atoms with Gasteiger partial charge in [-0.05, 0) is 61.4 Å². The summed E-state index contributed by atoms with van der Waals surface area (Å²) in [4.78, 5) is 12.4. The van der Waals surface area contributed by atoms with Gasteiger partial charge in [0, 0.05) is 16.9 Å². The van der Waals surface area contributed by atoms with Crippen LogP contribution >= 0.6 is 0 Å². The van der Waals surface area contributed by atoms with Crippen LogP contribution in [0.1, 0.15) is 27.2 Å². The quantitative estimate of drug-likeness (QED) is 0.352. The molecule has 0 saturated carbocycles. The average molecular weight is 393 g/mol. The highest BCUT2D eigenvalue weighted by molar-refractivity contribution is 5.95. The van der Waals surface area contributed by atoms with Crippen LogP contribution in [0.25, 0.3) is 16.9 Å². The first-order chi connectivity index (χ1) is 14.6. The zero-order valence-corrected chi connectivity index (χ0v) is 17.0. The Kier molecular flexibility index (Phi) is 5.57. The predicted molar refractivity (Wildman–Crippen MR) is 122 cm³/mol. The molecule has 4 aromatic rings. The van der Waals surface area contributed by atoms with Crippen molar-refractivity contribution < 1.29 is 4.79 Å². The summed E-state index contributed by atoms with van der Waals surface area (Å²) in [6.45, 7) is 4.11. The van der Waals surface area contributed by atoms with Crippen LogP contribution in [0.2, 0.25) is 0 Å². The molecule has 0 aliphatic heterocycles. The number of rotatable bonds is 5. The third kappa shape index (κ3) is 4.23. The van der Waals surface area contributed by atoms with Gasteiger partial charge in [0.25, 0.3) is 5.91 Å². The summed E-state index contributed by atoms with van der Waals surface area (Å²) in [5.41, 5.74) is 9.68. The molecule has 1 amide bonds. The van der Waals surface area contributed by atoms with E-state index in [4.69, 9.17) is 0 Å². The second kappa shape index (κ2) is 8.62. The SMILES string of the molecule is Cc1ccc(/C=N/NC(=O)c2ccc(-n3c(C)ccc3-c3ccccc3)cc2)cc1. The van der Waals surface area contributed by atoms with Crippen molar-refractivity contribution in [2.75, 3.05) is 0 Å². The number of aromatic nitrogens is 1. The van der Waals surface area contributed by atoms with E-state index in [0.29, 0.717) is 5.56 Å². The van der Waals surface area contributed by atoms with Crippen molar-refractivity contribution in [3.63, 3.8) is 0 Å². The molecule has 1 heterocycles. The Morgan fingerprint density at radius 2 is 1.53 bits per heavy atom. The molecule has 0 bridgehead atoms. The van der Waals surface area contributed by atoms with Gasteiger partial charge in [-0.15, -0.1) is 0 Å². The Hall–Kier alpha value is -3.92. The van der Waals surface area contributed by atoms with Crippen LogP contribution in [0.3, 0.4) is 0 Å². The summed E-state index contributed by atoms with van der Waals surface area (Å²) in [5, 5.41) is 4.06. The predicted octanol–water partition coefficient (Wildman–Crippen LogP) is 5.53. The molecule has 4 nitrogen and oxygen atoms in total. The monoisotopic (exact) mass is 393 g/mol. The molecule has 0 radical (unpaired) electrons. The van der Waals surface area contributed by atoms with E-state index < -0.39 is 0 Å².